The smallest absolute Gasteiger partial charge is 0.305 e. The van der Waals surface area contributed by atoms with Gasteiger partial charge in [-0.2, -0.15) is 0 Å². The number of fused-ring (bicyclic) bond motifs is 1. The lowest BCUT2D eigenvalue weighted by atomic mass is 10.2. The summed E-state index contributed by atoms with van der Waals surface area (Å²) in [4.78, 5) is 29.9. The van der Waals surface area contributed by atoms with E-state index in [-0.39, 0.29) is 11.5 Å². The molecule has 0 fully saturated rings. The molecule has 4 rings (SSSR count). The third-order valence-electron chi connectivity index (χ3n) is 5.25. The fourth-order valence-corrected chi connectivity index (χ4v) is 4.61. The number of benzene rings is 2. The zero-order chi connectivity index (χ0) is 24.1. The highest BCUT2D eigenvalue weighted by molar-refractivity contribution is 7.22. The maximum absolute atomic E-state index is 13.2. The Kier molecular flexibility index (Phi) is 7.49. The van der Waals surface area contributed by atoms with E-state index in [1.807, 2.05) is 30.3 Å². The molecule has 0 saturated heterocycles. The first-order chi connectivity index (χ1) is 16.5. The molecule has 0 spiro atoms. The molecule has 0 N–H and O–H groups in total. The van der Waals surface area contributed by atoms with E-state index in [0.717, 1.165) is 10.4 Å². The Labute approximate surface area is 205 Å². The lowest BCUT2D eigenvalue weighted by Gasteiger charge is -2.13. The van der Waals surface area contributed by atoms with Crippen LogP contribution < -0.4 is 15.0 Å². The first-order valence-electron chi connectivity index (χ1n) is 10.7. The molecular weight excluding hydrogens is 476 g/mol. The number of aromatic nitrogens is 2. The summed E-state index contributed by atoms with van der Waals surface area (Å²) in [6, 6.07) is 14.7. The minimum Gasteiger partial charge on any atom is -0.493 e. The van der Waals surface area contributed by atoms with Gasteiger partial charge in [0.25, 0.3) is 5.56 Å². The topological polar surface area (TPSA) is 79.7 Å². The Hall–Kier alpha value is -3.36. The number of thiophene rings is 1. The van der Waals surface area contributed by atoms with Gasteiger partial charge in [0, 0.05) is 22.4 Å². The second kappa shape index (κ2) is 10.7. The summed E-state index contributed by atoms with van der Waals surface area (Å²) >= 11 is 7.38. The van der Waals surface area contributed by atoms with Gasteiger partial charge in [0.1, 0.15) is 11.0 Å². The number of unbranched alkanes of at least 4 members (excludes halogenated alkanes) is 1. The number of hydrogen-bond donors (Lipinski definition) is 0. The predicted octanol–water partition coefficient (Wildman–Crippen LogP) is 5.50. The normalized spacial score (nSPS) is 10.9. The largest absolute Gasteiger partial charge is 0.493 e. The average molecular weight is 499 g/mol. The summed E-state index contributed by atoms with van der Waals surface area (Å²) in [7, 11) is 2.92. The van der Waals surface area contributed by atoms with E-state index in [4.69, 9.17) is 21.1 Å². The Morgan fingerprint density at radius 2 is 1.85 bits per heavy atom. The SMILES string of the molecule is COC(=O)CCCCOc1ccc(-n2cnc3cc(-c4ccc(Cl)cc4)sc3c2=O)cc1OC. The number of methoxy groups -OCH3 is 2. The van der Waals surface area contributed by atoms with Crippen LogP contribution in [0.25, 0.3) is 26.3 Å². The summed E-state index contributed by atoms with van der Waals surface area (Å²) in [5.74, 6) is 0.835. The van der Waals surface area contributed by atoms with E-state index < -0.39 is 0 Å². The van der Waals surface area contributed by atoms with Gasteiger partial charge in [-0.15, -0.1) is 11.3 Å². The van der Waals surface area contributed by atoms with Gasteiger partial charge >= 0.3 is 5.97 Å². The number of ether oxygens (including phenoxy) is 3. The summed E-state index contributed by atoms with van der Waals surface area (Å²) in [5, 5.41) is 0.660. The van der Waals surface area contributed by atoms with Crippen LogP contribution in [0.1, 0.15) is 19.3 Å². The molecule has 9 heteroatoms. The summed E-state index contributed by atoms with van der Waals surface area (Å²) in [6.45, 7) is 0.433. The van der Waals surface area contributed by atoms with Crippen LogP contribution in [0.4, 0.5) is 0 Å². The summed E-state index contributed by atoms with van der Waals surface area (Å²) in [5.41, 5.74) is 2.09. The van der Waals surface area contributed by atoms with Crippen molar-refractivity contribution in [1.29, 1.82) is 0 Å². The molecule has 34 heavy (non-hydrogen) atoms. The van der Waals surface area contributed by atoms with E-state index >= 15 is 0 Å². The predicted molar refractivity (Wildman–Crippen MR) is 134 cm³/mol. The van der Waals surface area contributed by atoms with Crippen LogP contribution in [0.3, 0.4) is 0 Å². The van der Waals surface area contributed by atoms with Crippen LogP contribution in [0.15, 0.2) is 59.7 Å². The van der Waals surface area contributed by atoms with Crippen molar-refractivity contribution in [2.24, 2.45) is 0 Å². The molecule has 2 aromatic carbocycles. The number of nitrogens with zero attached hydrogens (tertiary/aromatic N) is 2. The second-order valence-electron chi connectivity index (χ2n) is 7.47. The summed E-state index contributed by atoms with van der Waals surface area (Å²) in [6.07, 6.45) is 3.25. The first-order valence-corrected chi connectivity index (χ1v) is 11.8. The molecule has 176 valence electrons. The van der Waals surface area contributed by atoms with E-state index in [2.05, 4.69) is 9.72 Å². The minimum atomic E-state index is -0.232. The van der Waals surface area contributed by atoms with E-state index in [1.165, 1.54) is 29.3 Å². The quantitative estimate of drug-likeness (QED) is 0.224. The van der Waals surface area contributed by atoms with Crippen LogP contribution in [0, 0.1) is 0 Å². The maximum atomic E-state index is 13.2. The number of esters is 1. The van der Waals surface area contributed by atoms with Crippen molar-refractivity contribution in [3.05, 3.63) is 70.2 Å². The van der Waals surface area contributed by atoms with Gasteiger partial charge in [-0.3, -0.25) is 14.2 Å². The second-order valence-corrected chi connectivity index (χ2v) is 8.96. The van der Waals surface area contributed by atoms with Gasteiger partial charge in [-0.05, 0) is 48.7 Å². The Balaban J connectivity index is 1.55. The van der Waals surface area contributed by atoms with Gasteiger partial charge in [0.05, 0.1) is 32.0 Å². The van der Waals surface area contributed by atoms with Crippen LogP contribution in [0.5, 0.6) is 11.5 Å². The van der Waals surface area contributed by atoms with Crippen molar-refractivity contribution >= 4 is 39.1 Å². The maximum Gasteiger partial charge on any atom is 0.305 e. The monoisotopic (exact) mass is 498 g/mol. The van der Waals surface area contributed by atoms with Gasteiger partial charge in [-0.1, -0.05) is 23.7 Å². The van der Waals surface area contributed by atoms with Gasteiger partial charge < -0.3 is 14.2 Å². The summed E-state index contributed by atoms with van der Waals surface area (Å²) < 4.78 is 18.0. The van der Waals surface area contributed by atoms with Crippen molar-refractivity contribution in [2.45, 2.75) is 19.3 Å². The first kappa shape index (κ1) is 23.8. The lowest BCUT2D eigenvalue weighted by molar-refractivity contribution is -0.140. The number of rotatable bonds is 9. The fraction of sp³-hybridized carbons (Fsp3) is 0.240. The highest BCUT2D eigenvalue weighted by atomic mass is 35.5. The lowest BCUT2D eigenvalue weighted by Crippen LogP contribution is -2.17. The standard InChI is InChI=1S/C25H23ClN2O5S/c1-31-21-13-18(10-11-20(21)33-12-4-3-5-23(29)32-2)28-15-27-19-14-22(34-24(19)25(28)30)16-6-8-17(26)9-7-16/h6-11,13-15H,3-5,12H2,1-2H3. The van der Waals surface area contributed by atoms with E-state index in [9.17, 15) is 9.59 Å². The van der Waals surface area contributed by atoms with Gasteiger partial charge in [0.15, 0.2) is 11.5 Å². The van der Waals surface area contributed by atoms with Crippen molar-refractivity contribution in [3.8, 4) is 27.6 Å². The molecule has 2 heterocycles. The molecule has 0 aliphatic carbocycles. The number of halogens is 1. The molecule has 0 atom stereocenters. The molecule has 0 aliphatic heterocycles. The van der Waals surface area contributed by atoms with Gasteiger partial charge in [-0.25, -0.2) is 4.98 Å². The van der Waals surface area contributed by atoms with Gasteiger partial charge in [0.2, 0.25) is 0 Å². The molecular formula is C25H23ClN2O5S. The van der Waals surface area contributed by atoms with Crippen molar-refractivity contribution in [3.63, 3.8) is 0 Å². The highest BCUT2D eigenvalue weighted by Crippen LogP contribution is 2.33. The van der Waals surface area contributed by atoms with Crippen LogP contribution in [-0.2, 0) is 9.53 Å². The van der Waals surface area contributed by atoms with Crippen molar-refractivity contribution in [2.75, 3.05) is 20.8 Å². The molecule has 2 aromatic heterocycles. The molecule has 0 aliphatic rings. The van der Waals surface area contributed by atoms with Crippen LogP contribution in [-0.4, -0.2) is 36.3 Å². The molecule has 4 aromatic rings. The molecule has 0 radical (unpaired) electrons. The molecule has 0 saturated carbocycles. The van der Waals surface area contributed by atoms with E-state index in [0.29, 0.717) is 58.3 Å². The van der Waals surface area contributed by atoms with Crippen LogP contribution in [0.2, 0.25) is 5.02 Å². The third kappa shape index (κ3) is 5.24. The zero-order valence-electron chi connectivity index (χ0n) is 18.7. The van der Waals surface area contributed by atoms with E-state index in [1.54, 1.807) is 25.3 Å². The number of hydrogen-bond acceptors (Lipinski definition) is 7. The molecule has 0 unspecified atom stereocenters. The highest BCUT2D eigenvalue weighted by Gasteiger charge is 2.14. The number of carbonyl (C=O) groups is 1. The molecule has 0 bridgehead atoms. The number of carbonyl (C=O) groups excluding carboxylic acids is 1. The van der Waals surface area contributed by atoms with Crippen LogP contribution >= 0.6 is 22.9 Å². The van der Waals surface area contributed by atoms with Crippen molar-refractivity contribution in [1.82, 2.24) is 9.55 Å². The zero-order valence-corrected chi connectivity index (χ0v) is 20.3. The third-order valence-corrected chi connectivity index (χ3v) is 6.67. The van der Waals surface area contributed by atoms with Crippen molar-refractivity contribution < 1.29 is 19.0 Å². The minimum absolute atomic E-state index is 0.159. The average Bonchev–Trinajstić information content (AvgIpc) is 3.30. The fourth-order valence-electron chi connectivity index (χ4n) is 3.43. The Bertz CT molecular complexity index is 1360. The molecule has 0 amide bonds. The Morgan fingerprint density at radius 1 is 1.06 bits per heavy atom. The Morgan fingerprint density at radius 3 is 2.59 bits per heavy atom. The molecule has 7 nitrogen and oxygen atoms in total.